The number of Topliss-reactive ketones (excluding diaryl/α,β-unsaturated/α-hetero) is 1. The molecule has 4 aromatic rings. The molecule has 188 valence electrons. The number of aromatic nitrogens is 3. The monoisotopic (exact) mass is 495 g/mol. The Hall–Kier alpha value is -3.99. The van der Waals surface area contributed by atoms with Crippen LogP contribution in [0, 0.1) is 11.8 Å². The van der Waals surface area contributed by atoms with Crippen molar-refractivity contribution in [2.75, 3.05) is 6.61 Å². The van der Waals surface area contributed by atoms with Gasteiger partial charge in [0.05, 0.1) is 6.54 Å². The quantitative estimate of drug-likeness (QED) is 0.238. The number of ether oxygens (including phenoxy) is 2. The van der Waals surface area contributed by atoms with Crippen LogP contribution in [0.1, 0.15) is 72.2 Å². The summed E-state index contributed by atoms with van der Waals surface area (Å²) in [6.07, 6.45) is 6.46. The van der Waals surface area contributed by atoms with Crippen LogP contribution in [0.2, 0.25) is 0 Å². The third kappa shape index (κ3) is 6.23. The fourth-order valence-electron chi connectivity index (χ4n) is 4.27. The molecule has 2 atom stereocenters. The number of carbonyl (C=O) groups is 1. The summed E-state index contributed by atoms with van der Waals surface area (Å²) in [7, 11) is 0. The van der Waals surface area contributed by atoms with Crippen LogP contribution in [0.15, 0.2) is 71.5 Å². The van der Waals surface area contributed by atoms with Crippen molar-refractivity contribution in [3.8, 4) is 23.2 Å². The summed E-state index contributed by atoms with van der Waals surface area (Å²) in [5.41, 5.74) is 4.15. The number of nitrogens with zero attached hydrogens (tertiary/aromatic N) is 3. The van der Waals surface area contributed by atoms with E-state index in [0.717, 1.165) is 54.1 Å². The molecular formula is C30H29N3O4. The summed E-state index contributed by atoms with van der Waals surface area (Å²) in [5.74, 6) is 7.86. The van der Waals surface area contributed by atoms with Crippen LogP contribution < -0.4 is 0 Å². The lowest BCUT2D eigenvalue weighted by molar-refractivity contribution is -0.188. The van der Waals surface area contributed by atoms with E-state index in [2.05, 4.69) is 22.0 Å². The molecule has 5 rings (SSSR count). The van der Waals surface area contributed by atoms with Crippen molar-refractivity contribution in [3.63, 3.8) is 0 Å². The number of carbonyl (C=O) groups excluding carboxylic acids is 1. The lowest BCUT2D eigenvalue weighted by Gasteiger charge is -2.26. The van der Waals surface area contributed by atoms with E-state index in [1.807, 2.05) is 60.2 Å². The zero-order valence-electron chi connectivity index (χ0n) is 21.0. The highest BCUT2D eigenvalue weighted by molar-refractivity contribution is 5.94. The van der Waals surface area contributed by atoms with Gasteiger partial charge in [0, 0.05) is 47.3 Å². The molecule has 0 aliphatic carbocycles. The van der Waals surface area contributed by atoms with Gasteiger partial charge in [-0.25, -0.2) is 4.98 Å². The van der Waals surface area contributed by atoms with Crippen LogP contribution in [0.25, 0.3) is 11.3 Å². The van der Waals surface area contributed by atoms with Gasteiger partial charge in [-0.15, -0.1) is 0 Å². The van der Waals surface area contributed by atoms with E-state index >= 15 is 0 Å². The zero-order chi connectivity index (χ0) is 25.6. The standard InChI is InChI=1S/C30H29N3O4/c1-21(34)25-12-8-23(9-13-25)6-7-24-10-14-26(15-11-24)28-19-27(32-37-28)20-33-17-16-31-30(33)22(2)36-29-5-3-4-18-35-29/h8-17,19,22,29H,3-5,18,20H2,1-2H3. The second-order valence-corrected chi connectivity index (χ2v) is 9.13. The van der Waals surface area contributed by atoms with E-state index in [4.69, 9.17) is 14.0 Å². The van der Waals surface area contributed by atoms with Gasteiger partial charge in [0.2, 0.25) is 0 Å². The van der Waals surface area contributed by atoms with E-state index in [-0.39, 0.29) is 18.2 Å². The van der Waals surface area contributed by atoms with Crippen LogP contribution >= 0.6 is 0 Å². The van der Waals surface area contributed by atoms with Crippen molar-refractivity contribution in [3.05, 3.63) is 95.2 Å². The summed E-state index contributed by atoms with van der Waals surface area (Å²) in [6.45, 7) is 4.83. The summed E-state index contributed by atoms with van der Waals surface area (Å²) >= 11 is 0. The Labute approximate surface area is 216 Å². The van der Waals surface area contributed by atoms with Gasteiger partial charge in [-0.05, 0) is 69.5 Å². The van der Waals surface area contributed by atoms with Gasteiger partial charge < -0.3 is 18.6 Å². The van der Waals surface area contributed by atoms with Crippen molar-refractivity contribution in [1.29, 1.82) is 0 Å². The lowest BCUT2D eigenvalue weighted by atomic mass is 10.1. The number of ketones is 1. The molecule has 0 amide bonds. The molecule has 0 bridgehead atoms. The van der Waals surface area contributed by atoms with Crippen LogP contribution in [-0.4, -0.2) is 33.4 Å². The molecule has 1 fully saturated rings. The molecular weight excluding hydrogens is 466 g/mol. The number of imidazole rings is 1. The molecule has 0 spiro atoms. The first kappa shape index (κ1) is 24.7. The average molecular weight is 496 g/mol. The minimum absolute atomic E-state index is 0.0458. The van der Waals surface area contributed by atoms with Crippen LogP contribution in [0.5, 0.6) is 0 Å². The van der Waals surface area contributed by atoms with Crippen LogP contribution in [-0.2, 0) is 16.0 Å². The Kier molecular flexibility index (Phi) is 7.59. The van der Waals surface area contributed by atoms with E-state index in [1.165, 1.54) is 0 Å². The minimum Gasteiger partial charge on any atom is -0.356 e. The van der Waals surface area contributed by atoms with Crippen LogP contribution in [0.4, 0.5) is 0 Å². The maximum atomic E-state index is 11.4. The van der Waals surface area contributed by atoms with Gasteiger partial charge in [0.15, 0.2) is 17.8 Å². The number of hydrogen-bond donors (Lipinski definition) is 0. The molecule has 7 nitrogen and oxygen atoms in total. The fourth-order valence-corrected chi connectivity index (χ4v) is 4.27. The molecule has 2 unspecified atom stereocenters. The maximum Gasteiger partial charge on any atom is 0.167 e. The van der Waals surface area contributed by atoms with E-state index in [0.29, 0.717) is 17.9 Å². The Morgan fingerprint density at radius 3 is 2.51 bits per heavy atom. The number of benzene rings is 2. The predicted molar refractivity (Wildman–Crippen MR) is 139 cm³/mol. The molecule has 7 heteroatoms. The molecule has 0 radical (unpaired) electrons. The second kappa shape index (κ2) is 11.4. The SMILES string of the molecule is CC(=O)c1ccc(C#Cc2ccc(-c3cc(Cn4ccnc4C(C)OC4CCCCO4)no3)cc2)cc1. The van der Waals surface area contributed by atoms with E-state index in [9.17, 15) is 4.79 Å². The van der Waals surface area contributed by atoms with Crippen molar-refractivity contribution >= 4 is 5.78 Å². The summed E-state index contributed by atoms with van der Waals surface area (Å²) in [4.78, 5) is 15.9. The van der Waals surface area contributed by atoms with Crippen LogP contribution in [0.3, 0.4) is 0 Å². The Morgan fingerprint density at radius 2 is 1.84 bits per heavy atom. The fraction of sp³-hybridized carbons (Fsp3) is 0.300. The van der Waals surface area contributed by atoms with Gasteiger partial charge >= 0.3 is 0 Å². The molecule has 2 aromatic carbocycles. The molecule has 0 N–H and O–H groups in total. The minimum atomic E-state index is -0.190. The molecule has 3 heterocycles. The first-order valence-electron chi connectivity index (χ1n) is 12.5. The topological polar surface area (TPSA) is 79.4 Å². The largest absolute Gasteiger partial charge is 0.356 e. The van der Waals surface area contributed by atoms with E-state index < -0.39 is 0 Å². The average Bonchev–Trinajstić information content (AvgIpc) is 3.59. The van der Waals surface area contributed by atoms with Gasteiger partial charge in [-0.2, -0.15) is 0 Å². The van der Waals surface area contributed by atoms with E-state index in [1.54, 1.807) is 25.3 Å². The summed E-state index contributed by atoms with van der Waals surface area (Å²) in [6, 6.07) is 17.1. The van der Waals surface area contributed by atoms with Crippen molar-refractivity contribution in [2.24, 2.45) is 0 Å². The summed E-state index contributed by atoms with van der Waals surface area (Å²) < 4.78 is 19.4. The number of hydrogen-bond acceptors (Lipinski definition) is 6. The maximum absolute atomic E-state index is 11.4. The van der Waals surface area contributed by atoms with Gasteiger partial charge in [0.25, 0.3) is 0 Å². The molecule has 1 aliphatic heterocycles. The predicted octanol–water partition coefficient (Wildman–Crippen LogP) is 5.79. The molecule has 1 aliphatic rings. The lowest BCUT2D eigenvalue weighted by Crippen LogP contribution is -2.24. The Balaban J connectivity index is 1.22. The first-order chi connectivity index (χ1) is 18.0. The zero-order valence-corrected chi connectivity index (χ0v) is 21.0. The molecule has 0 saturated carbocycles. The Morgan fingerprint density at radius 1 is 1.11 bits per heavy atom. The first-order valence-corrected chi connectivity index (χ1v) is 12.5. The third-order valence-corrected chi connectivity index (χ3v) is 6.31. The van der Waals surface area contributed by atoms with Gasteiger partial charge in [-0.1, -0.05) is 29.1 Å². The molecule has 2 aromatic heterocycles. The van der Waals surface area contributed by atoms with Gasteiger partial charge in [-0.3, -0.25) is 4.79 Å². The number of rotatable bonds is 7. The third-order valence-electron chi connectivity index (χ3n) is 6.31. The normalized spacial score (nSPS) is 16.1. The highest BCUT2D eigenvalue weighted by atomic mass is 16.7. The van der Waals surface area contributed by atoms with Gasteiger partial charge in [0.1, 0.15) is 17.6 Å². The highest BCUT2D eigenvalue weighted by Crippen LogP contribution is 2.25. The van der Waals surface area contributed by atoms with Crippen molar-refractivity contribution in [2.45, 2.75) is 52.0 Å². The molecule has 37 heavy (non-hydrogen) atoms. The molecule has 1 saturated heterocycles. The van der Waals surface area contributed by atoms with Crippen molar-refractivity contribution in [1.82, 2.24) is 14.7 Å². The second-order valence-electron chi connectivity index (χ2n) is 9.13. The smallest absolute Gasteiger partial charge is 0.167 e. The highest BCUT2D eigenvalue weighted by Gasteiger charge is 2.21. The Bertz CT molecular complexity index is 1400. The van der Waals surface area contributed by atoms with Crippen molar-refractivity contribution < 1.29 is 18.8 Å². The summed E-state index contributed by atoms with van der Waals surface area (Å²) in [5, 5.41) is 4.26.